The van der Waals surface area contributed by atoms with Gasteiger partial charge in [-0.2, -0.15) is 11.8 Å². The Morgan fingerprint density at radius 2 is 2.00 bits per heavy atom. The summed E-state index contributed by atoms with van der Waals surface area (Å²) in [5.41, 5.74) is 4.22. The van der Waals surface area contributed by atoms with Crippen molar-refractivity contribution < 1.29 is 0 Å². The van der Waals surface area contributed by atoms with E-state index < -0.39 is 0 Å². The van der Waals surface area contributed by atoms with Gasteiger partial charge in [0.1, 0.15) is 0 Å². The molecule has 0 aliphatic rings. The number of rotatable bonds is 6. The number of hydrogen-bond donors (Lipinski definition) is 1. The maximum atomic E-state index is 3.64. The molecule has 17 heavy (non-hydrogen) atoms. The number of benzene rings is 1. The van der Waals surface area contributed by atoms with Crippen molar-refractivity contribution in [2.45, 2.75) is 33.7 Å². The Kier molecular flexibility index (Phi) is 6.07. The van der Waals surface area contributed by atoms with Crippen LogP contribution in [-0.4, -0.2) is 18.6 Å². The molecule has 0 fully saturated rings. The summed E-state index contributed by atoms with van der Waals surface area (Å²) in [7, 11) is 0. The molecule has 0 spiro atoms. The lowest BCUT2D eigenvalue weighted by Crippen LogP contribution is -2.28. The predicted octanol–water partition coefficient (Wildman–Crippen LogP) is 3.95. The maximum absolute atomic E-state index is 3.64. The second kappa shape index (κ2) is 7.07. The summed E-state index contributed by atoms with van der Waals surface area (Å²) in [6, 6.07) is 7.24. The summed E-state index contributed by atoms with van der Waals surface area (Å²) in [6.45, 7) is 9.93. The van der Waals surface area contributed by atoms with Crippen LogP contribution in [-0.2, 0) is 0 Å². The number of hydrogen-bond acceptors (Lipinski definition) is 2. The second-order valence-electron chi connectivity index (χ2n) is 4.83. The first-order valence-electron chi connectivity index (χ1n) is 6.39. The van der Waals surface area contributed by atoms with Crippen LogP contribution in [0, 0.1) is 19.8 Å². The summed E-state index contributed by atoms with van der Waals surface area (Å²) in [5.74, 6) is 1.86. The summed E-state index contributed by atoms with van der Waals surface area (Å²) >= 11 is 1.93. The van der Waals surface area contributed by atoms with Gasteiger partial charge in [0.05, 0.1) is 0 Å². The fourth-order valence-electron chi connectivity index (χ4n) is 2.29. The van der Waals surface area contributed by atoms with Gasteiger partial charge in [-0.3, -0.25) is 0 Å². The lowest BCUT2D eigenvalue weighted by atomic mass is 9.91. The Bertz CT molecular complexity index is 349. The average molecular weight is 251 g/mol. The van der Waals surface area contributed by atoms with Gasteiger partial charge in [-0.25, -0.2) is 0 Å². The topological polar surface area (TPSA) is 12.0 Å². The third-order valence-corrected chi connectivity index (χ3v) is 4.05. The number of thioether (sulfide) groups is 1. The first-order valence-corrected chi connectivity index (χ1v) is 7.79. The molecular formula is C15H25NS. The SMILES string of the molecule is CCNC(c1cc(C)ccc1C)C(C)CSC. The van der Waals surface area contributed by atoms with E-state index in [2.05, 4.69) is 57.5 Å². The Morgan fingerprint density at radius 3 is 2.59 bits per heavy atom. The van der Waals surface area contributed by atoms with Gasteiger partial charge < -0.3 is 5.32 Å². The standard InChI is InChI=1S/C15H25NS/c1-6-16-15(13(4)10-17-5)14-9-11(2)7-8-12(14)3/h7-9,13,15-16H,6,10H2,1-5H3. The van der Waals surface area contributed by atoms with E-state index >= 15 is 0 Å². The maximum Gasteiger partial charge on any atom is 0.0356 e. The Labute approximate surface area is 110 Å². The van der Waals surface area contributed by atoms with E-state index in [0.29, 0.717) is 12.0 Å². The van der Waals surface area contributed by atoms with E-state index in [1.54, 1.807) is 0 Å². The summed E-state index contributed by atoms with van der Waals surface area (Å²) < 4.78 is 0. The molecule has 0 saturated carbocycles. The molecule has 0 aromatic heterocycles. The minimum absolute atomic E-state index is 0.479. The molecule has 0 heterocycles. The smallest absolute Gasteiger partial charge is 0.0356 e. The molecule has 1 N–H and O–H groups in total. The first-order chi connectivity index (χ1) is 8.10. The van der Waals surface area contributed by atoms with Crippen LogP contribution in [0.5, 0.6) is 0 Å². The molecule has 1 nitrogen and oxygen atoms in total. The molecule has 0 radical (unpaired) electrons. The zero-order valence-corrected chi connectivity index (χ0v) is 12.5. The van der Waals surface area contributed by atoms with E-state index in [1.165, 1.54) is 22.4 Å². The number of aryl methyl sites for hydroxylation is 2. The predicted molar refractivity (Wildman–Crippen MR) is 79.9 cm³/mol. The van der Waals surface area contributed by atoms with E-state index in [-0.39, 0.29) is 0 Å². The molecule has 1 aromatic rings. The van der Waals surface area contributed by atoms with Crippen LogP contribution in [0.2, 0.25) is 0 Å². The molecule has 1 rings (SSSR count). The van der Waals surface area contributed by atoms with Gasteiger partial charge in [0.2, 0.25) is 0 Å². The van der Waals surface area contributed by atoms with Crippen molar-refractivity contribution >= 4 is 11.8 Å². The molecule has 0 bridgehead atoms. The fourth-order valence-corrected chi connectivity index (χ4v) is 3.01. The Balaban J connectivity index is 2.99. The zero-order chi connectivity index (χ0) is 12.8. The molecule has 0 amide bonds. The summed E-state index contributed by atoms with van der Waals surface area (Å²) in [5, 5.41) is 3.64. The molecule has 96 valence electrons. The van der Waals surface area contributed by atoms with E-state index in [4.69, 9.17) is 0 Å². The second-order valence-corrected chi connectivity index (χ2v) is 5.74. The molecule has 2 unspecified atom stereocenters. The van der Waals surface area contributed by atoms with Crippen LogP contribution in [0.25, 0.3) is 0 Å². The van der Waals surface area contributed by atoms with Gasteiger partial charge in [-0.15, -0.1) is 0 Å². The van der Waals surface area contributed by atoms with Gasteiger partial charge in [0, 0.05) is 6.04 Å². The molecular weight excluding hydrogens is 226 g/mol. The molecule has 1 aromatic carbocycles. The van der Waals surface area contributed by atoms with Crippen molar-refractivity contribution in [3.05, 3.63) is 34.9 Å². The minimum Gasteiger partial charge on any atom is -0.310 e. The first kappa shape index (κ1) is 14.6. The Hall–Kier alpha value is -0.470. The molecule has 0 saturated heterocycles. The third-order valence-electron chi connectivity index (χ3n) is 3.19. The molecule has 2 atom stereocenters. The van der Waals surface area contributed by atoms with Crippen LogP contribution >= 0.6 is 11.8 Å². The lowest BCUT2D eigenvalue weighted by Gasteiger charge is -2.26. The van der Waals surface area contributed by atoms with Crippen molar-refractivity contribution in [3.8, 4) is 0 Å². The van der Waals surface area contributed by atoms with Crippen LogP contribution < -0.4 is 5.32 Å². The van der Waals surface area contributed by atoms with Gasteiger partial charge in [0.25, 0.3) is 0 Å². The van der Waals surface area contributed by atoms with Crippen molar-refractivity contribution in [3.63, 3.8) is 0 Å². The minimum atomic E-state index is 0.479. The van der Waals surface area contributed by atoms with Crippen LogP contribution in [0.15, 0.2) is 18.2 Å². The monoisotopic (exact) mass is 251 g/mol. The Morgan fingerprint density at radius 1 is 1.29 bits per heavy atom. The lowest BCUT2D eigenvalue weighted by molar-refractivity contribution is 0.426. The average Bonchev–Trinajstić information content (AvgIpc) is 2.30. The van der Waals surface area contributed by atoms with Gasteiger partial charge in [0.15, 0.2) is 0 Å². The largest absolute Gasteiger partial charge is 0.310 e. The van der Waals surface area contributed by atoms with Crippen molar-refractivity contribution in [2.75, 3.05) is 18.6 Å². The highest BCUT2D eigenvalue weighted by atomic mass is 32.2. The summed E-state index contributed by atoms with van der Waals surface area (Å²) in [4.78, 5) is 0. The highest BCUT2D eigenvalue weighted by Crippen LogP contribution is 2.27. The highest BCUT2D eigenvalue weighted by Gasteiger charge is 2.19. The third kappa shape index (κ3) is 4.04. The fraction of sp³-hybridized carbons (Fsp3) is 0.600. The van der Waals surface area contributed by atoms with E-state index in [9.17, 15) is 0 Å². The normalized spacial score (nSPS) is 14.6. The van der Waals surface area contributed by atoms with Crippen molar-refractivity contribution in [2.24, 2.45) is 5.92 Å². The molecule has 2 heteroatoms. The summed E-state index contributed by atoms with van der Waals surface area (Å²) in [6.07, 6.45) is 2.18. The van der Waals surface area contributed by atoms with Crippen LogP contribution in [0.4, 0.5) is 0 Å². The van der Waals surface area contributed by atoms with Gasteiger partial charge in [-0.05, 0) is 49.4 Å². The van der Waals surface area contributed by atoms with Gasteiger partial charge in [-0.1, -0.05) is 37.6 Å². The van der Waals surface area contributed by atoms with Crippen molar-refractivity contribution in [1.29, 1.82) is 0 Å². The zero-order valence-electron chi connectivity index (χ0n) is 11.7. The highest BCUT2D eigenvalue weighted by molar-refractivity contribution is 7.98. The number of nitrogens with one attached hydrogen (secondary N) is 1. The van der Waals surface area contributed by atoms with Crippen molar-refractivity contribution in [1.82, 2.24) is 5.32 Å². The van der Waals surface area contributed by atoms with Crippen LogP contribution in [0.1, 0.15) is 36.6 Å². The van der Waals surface area contributed by atoms with Gasteiger partial charge >= 0.3 is 0 Å². The van der Waals surface area contributed by atoms with E-state index in [0.717, 1.165) is 6.54 Å². The molecule has 0 aliphatic carbocycles. The van der Waals surface area contributed by atoms with Crippen LogP contribution in [0.3, 0.4) is 0 Å². The van der Waals surface area contributed by atoms with E-state index in [1.807, 2.05) is 11.8 Å². The molecule has 0 aliphatic heterocycles. The quantitative estimate of drug-likeness (QED) is 0.821.